The maximum absolute atomic E-state index is 12.5. The van der Waals surface area contributed by atoms with E-state index in [-0.39, 0.29) is 17.1 Å². The number of nitrogens with one attached hydrogen (secondary N) is 2. The number of aryl methyl sites for hydroxylation is 1. The topological polar surface area (TPSA) is 90.4 Å². The fourth-order valence-corrected chi connectivity index (χ4v) is 3.61. The highest BCUT2D eigenvalue weighted by atomic mass is 16.3. The third-order valence-electron chi connectivity index (χ3n) is 4.67. The molecule has 6 heteroatoms. The number of para-hydroxylation sites is 1. The number of phenolic OH excluding ortho intramolecular Hbond substituents is 1. The van der Waals surface area contributed by atoms with Gasteiger partial charge in [-0.2, -0.15) is 10.2 Å². The summed E-state index contributed by atoms with van der Waals surface area (Å²) in [6, 6.07) is 6.82. The summed E-state index contributed by atoms with van der Waals surface area (Å²) in [4.78, 5) is 12.5. The van der Waals surface area contributed by atoms with Crippen LogP contribution in [0.5, 0.6) is 5.75 Å². The van der Waals surface area contributed by atoms with Gasteiger partial charge in [-0.1, -0.05) is 32.9 Å². The molecule has 1 aliphatic carbocycles. The zero-order valence-corrected chi connectivity index (χ0v) is 15.5. The summed E-state index contributed by atoms with van der Waals surface area (Å²) in [6.07, 6.45) is 5.48. The molecule has 2 aromatic rings. The average molecular weight is 354 g/mol. The number of phenols is 1. The molecule has 138 valence electrons. The predicted molar refractivity (Wildman–Crippen MR) is 101 cm³/mol. The van der Waals surface area contributed by atoms with Crippen LogP contribution in [0.1, 0.15) is 60.9 Å². The Hall–Kier alpha value is -2.63. The van der Waals surface area contributed by atoms with Crippen molar-refractivity contribution >= 4 is 12.1 Å². The lowest BCUT2D eigenvalue weighted by molar-refractivity contribution is 0.0948. The first kappa shape index (κ1) is 18.2. The molecule has 1 unspecified atom stereocenters. The molecule has 0 radical (unpaired) electrons. The summed E-state index contributed by atoms with van der Waals surface area (Å²) in [5.41, 5.74) is 5.83. The molecule has 3 rings (SSSR count). The zero-order valence-electron chi connectivity index (χ0n) is 15.5. The minimum Gasteiger partial charge on any atom is -0.507 e. The molecular weight excluding hydrogens is 328 g/mol. The van der Waals surface area contributed by atoms with Gasteiger partial charge in [-0.25, -0.2) is 5.43 Å². The molecule has 0 aliphatic heterocycles. The summed E-state index contributed by atoms with van der Waals surface area (Å²) in [6.45, 7) is 6.75. The van der Waals surface area contributed by atoms with E-state index in [4.69, 9.17) is 0 Å². The first-order valence-electron chi connectivity index (χ1n) is 9.01. The van der Waals surface area contributed by atoms with Crippen LogP contribution in [0.25, 0.3) is 0 Å². The first-order valence-corrected chi connectivity index (χ1v) is 9.01. The number of hydrazone groups is 1. The lowest BCUT2D eigenvalue weighted by Gasteiger charge is -2.28. The first-order chi connectivity index (χ1) is 12.3. The lowest BCUT2D eigenvalue weighted by Crippen LogP contribution is -2.24. The van der Waals surface area contributed by atoms with Gasteiger partial charge in [0.25, 0.3) is 5.91 Å². The minimum atomic E-state index is -0.328. The van der Waals surface area contributed by atoms with Gasteiger partial charge < -0.3 is 5.11 Å². The van der Waals surface area contributed by atoms with Gasteiger partial charge in [-0.3, -0.25) is 9.89 Å². The van der Waals surface area contributed by atoms with E-state index in [0.29, 0.717) is 17.2 Å². The molecule has 3 N–H and O–H groups in total. The van der Waals surface area contributed by atoms with Crippen molar-refractivity contribution in [1.29, 1.82) is 0 Å². The monoisotopic (exact) mass is 354 g/mol. The normalized spacial score (nSPS) is 17.3. The second kappa shape index (κ2) is 7.32. The number of aromatic amines is 1. The Balaban J connectivity index is 1.68. The third-order valence-corrected chi connectivity index (χ3v) is 4.67. The largest absolute Gasteiger partial charge is 0.507 e. The van der Waals surface area contributed by atoms with Crippen molar-refractivity contribution in [2.24, 2.45) is 16.4 Å². The molecule has 0 bridgehead atoms. The second-order valence-corrected chi connectivity index (χ2v) is 8.16. The van der Waals surface area contributed by atoms with Crippen LogP contribution in [0.15, 0.2) is 29.4 Å². The van der Waals surface area contributed by atoms with Gasteiger partial charge in [-0.05, 0) is 49.1 Å². The number of fused-ring (bicyclic) bond motifs is 1. The van der Waals surface area contributed by atoms with Crippen LogP contribution in [0, 0.1) is 11.3 Å². The summed E-state index contributed by atoms with van der Waals surface area (Å²) >= 11 is 0. The molecule has 0 saturated carbocycles. The Morgan fingerprint density at radius 1 is 1.42 bits per heavy atom. The van der Waals surface area contributed by atoms with Crippen molar-refractivity contribution in [3.05, 3.63) is 46.8 Å². The second-order valence-electron chi connectivity index (χ2n) is 8.16. The van der Waals surface area contributed by atoms with Crippen LogP contribution < -0.4 is 5.43 Å². The van der Waals surface area contributed by atoms with Crippen LogP contribution in [0.4, 0.5) is 0 Å². The standard InChI is InChI=1S/C20H26N4O2/c1-20(2,3)11-13-8-9-16-15(10-13)18(23-22-16)19(26)24-21-12-14-6-4-5-7-17(14)25/h4-7,12-13,25H,8-11H2,1-3H3,(H,22,23)(H,24,26)/b21-12+. The fourth-order valence-electron chi connectivity index (χ4n) is 3.61. The summed E-state index contributed by atoms with van der Waals surface area (Å²) < 4.78 is 0. The number of H-pyrrole nitrogens is 1. The molecule has 1 atom stereocenters. The molecule has 26 heavy (non-hydrogen) atoms. The van der Waals surface area contributed by atoms with Gasteiger partial charge in [0.2, 0.25) is 0 Å². The molecule has 0 saturated heterocycles. The minimum absolute atomic E-state index is 0.118. The molecule has 0 fully saturated rings. The van der Waals surface area contributed by atoms with Gasteiger partial charge in [0, 0.05) is 16.8 Å². The number of benzene rings is 1. The van der Waals surface area contributed by atoms with Crippen molar-refractivity contribution in [3.63, 3.8) is 0 Å². The maximum Gasteiger partial charge on any atom is 0.292 e. The Morgan fingerprint density at radius 3 is 2.92 bits per heavy atom. The smallest absolute Gasteiger partial charge is 0.292 e. The van der Waals surface area contributed by atoms with E-state index in [1.54, 1.807) is 24.3 Å². The number of carbonyl (C=O) groups excluding carboxylic acids is 1. The lowest BCUT2D eigenvalue weighted by atomic mass is 9.76. The SMILES string of the molecule is CC(C)(C)CC1CCc2[nH]nc(C(=O)N/N=C/c3ccccc3O)c2C1. The van der Waals surface area contributed by atoms with Gasteiger partial charge in [0.15, 0.2) is 5.69 Å². The summed E-state index contributed by atoms with van der Waals surface area (Å²) in [7, 11) is 0. The fraction of sp³-hybridized carbons (Fsp3) is 0.450. The van der Waals surface area contributed by atoms with E-state index >= 15 is 0 Å². The van der Waals surface area contributed by atoms with E-state index in [1.165, 1.54) is 6.21 Å². The van der Waals surface area contributed by atoms with Crippen molar-refractivity contribution < 1.29 is 9.90 Å². The highest BCUT2D eigenvalue weighted by Gasteiger charge is 2.28. The van der Waals surface area contributed by atoms with Crippen LogP contribution in [-0.2, 0) is 12.8 Å². The average Bonchev–Trinajstić information content (AvgIpc) is 2.98. The third kappa shape index (κ3) is 4.31. The van der Waals surface area contributed by atoms with E-state index in [0.717, 1.165) is 36.9 Å². The van der Waals surface area contributed by atoms with Crippen molar-refractivity contribution in [2.45, 2.75) is 46.5 Å². The van der Waals surface area contributed by atoms with E-state index < -0.39 is 0 Å². The number of carbonyl (C=O) groups is 1. The molecule has 1 heterocycles. The number of amides is 1. The van der Waals surface area contributed by atoms with Crippen molar-refractivity contribution in [2.75, 3.05) is 0 Å². The number of rotatable bonds is 4. The molecule has 1 aromatic heterocycles. The number of hydrogen-bond acceptors (Lipinski definition) is 4. The molecule has 0 spiro atoms. The Morgan fingerprint density at radius 2 is 2.19 bits per heavy atom. The quantitative estimate of drug-likeness (QED) is 0.580. The number of aromatic nitrogens is 2. The van der Waals surface area contributed by atoms with Gasteiger partial charge >= 0.3 is 0 Å². The van der Waals surface area contributed by atoms with Crippen LogP contribution >= 0.6 is 0 Å². The highest BCUT2D eigenvalue weighted by Crippen LogP contribution is 2.34. The van der Waals surface area contributed by atoms with Crippen LogP contribution in [0.2, 0.25) is 0 Å². The Bertz CT molecular complexity index is 817. The number of nitrogens with zero attached hydrogens (tertiary/aromatic N) is 2. The molecule has 1 aliphatic rings. The number of aromatic hydroxyl groups is 1. The number of hydrogen-bond donors (Lipinski definition) is 3. The summed E-state index contributed by atoms with van der Waals surface area (Å²) in [5.74, 6) is 0.356. The molecular formula is C20H26N4O2. The predicted octanol–water partition coefficient (Wildman–Crippen LogP) is 3.42. The van der Waals surface area contributed by atoms with Gasteiger partial charge in [-0.15, -0.1) is 0 Å². The van der Waals surface area contributed by atoms with Gasteiger partial charge in [0.05, 0.1) is 6.21 Å². The molecule has 1 amide bonds. The zero-order chi connectivity index (χ0) is 18.7. The van der Waals surface area contributed by atoms with E-state index in [9.17, 15) is 9.90 Å². The summed E-state index contributed by atoms with van der Waals surface area (Å²) in [5, 5.41) is 20.9. The Kier molecular flexibility index (Phi) is 5.11. The Labute approximate surface area is 153 Å². The molecule has 1 aromatic carbocycles. The van der Waals surface area contributed by atoms with Crippen molar-refractivity contribution in [1.82, 2.24) is 15.6 Å². The van der Waals surface area contributed by atoms with E-state index in [1.807, 2.05) is 0 Å². The van der Waals surface area contributed by atoms with E-state index in [2.05, 4.69) is 41.5 Å². The van der Waals surface area contributed by atoms with Crippen LogP contribution in [0.3, 0.4) is 0 Å². The highest BCUT2D eigenvalue weighted by molar-refractivity contribution is 5.95. The van der Waals surface area contributed by atoms with Crippen molar-refractivity contribution in [3.8, 4) is 5.75 Å². The maximum atomic E-state index is 12.5. The van der Waals surface area contributed by atoms with Crippen LogP contribution in [-0.4, -0.2) is 27.4 Å². The van der Waals surface area contributed by atoms with Gasteiger partial charge in [0.1, 0.15) is 5.75 Å². The molecule has 6 nitrogen and oxygen atoms in total.